The smallest absolute Gasteiger partial charge is 0.356 e. The molecular weight excluding hydrogens is 829 g/mol. The van der Waals surface area contributed by atoms with Crippen LogP contribution < -0.4 is 0 Å². The number of esters is 2. The molecule has 0 amide bonds. The molecule has 0 aliphatic heterocycles. The summed E-state index contributed by atoms with van der Waals surface area (Å²) in [4.78, 5) is 47.0. The van der Waals surface area contributed by atoms with Gasteiger partial charge in [-0.3, -0.25) is 0 Å². The number of pyridine rings is 4. The lowest BCUT2D eigenvalue weighted by Gasteiger charge is -2.16. The van der Waals surface area contributed by atoms with Gasteiger partial charge in [-0.05, 0) is 87.3 Å². The number of aryl methyl sites for hydroxylation is 1. The minimum Gasteiger partial charge on any atom is -0.464 e. The van der Waals surface area contributed by atoms with Gasteiger partial charge in [-0.2, -0.15) is 0 Å². The molecule has 11 rings (SSSR count). The Morgan fingerprint density at radius 2 is 0.687 bits per heavy atom. The van der Waals surface area contributed by atoms with E-state index in [9.17, 15) is 9.59 Å². The fraction of sp³-hybridized carbons (Fsp3) is 0.0508. The Morgan fingerprint density at radius 1 is 0.343 bits per heavy atom. The maximum atomic E-state index is 13.2. The quantitative estimate of drug-likeness (QED) is 0.110. The molecule has 8 heteroatoms. The number of aromatic nitrogens is 4. The first-order chi connectivity index (χ1) is 32.9. The van der Waals surface area contributed by atoms with E-state index in [0.29, 0.717) is 22.1 Å². The average Bonchev–Trinajstić information content (AvgIpc) is 3.39. The number of hydrogen-bond donors (Lipinski definition) is 0. The number of benzene rings is 7. The van der Waals surface area contributed by atoms with Gasteiger partial charge in [0.05, 0.1) is 47.7 Å². The van der Waals surface area contributed by atoms with Crippen LogP contribution in [0.25, 0.3) is 111 Å². The minimum atomic E-state index is -0.524. The molecule has 0 N–H and O–H groups in total. The van der Waals surface area contributed by atoms with Crippen molar-refractivity contribution in [3.8, 4) is 67.0 Å². The summed E-state index contributed by atoms with van der Waals surface area (Å²) in [5, 5.41) is 3.56. The molecule has 4 aromatic heterocycles. The highest BCUT2D eigenvalue weighted by atomic mass is 16.5. The normalized spacial score (nSPS) is 11.3. The second-order valence-corrected chi connectivity index (χ2v) is 16.4. The molecule has 0 saturated heterocycles. The number of carbonyl (C=O) groups excluding carboxylic acids is 2. The van der Waals surface area contributed by atoms with Crippen molar-refractivity contribution in [1.82, 2.24) is 19.9 Å². The third kappa shape index (κ3) is 7.31. The monoisotopic (exact) mass is 868 g/mol. The topological polar surface area (TPSA) is 104 Å². The van der Waals surface area contributed by atoms with Gasteiger partial charge >= 0.3 is 11.9 Å². The number of methoxy groups -OCH3 is 2. The minimum absolute atomic E-state index is 0.202. The van der Waals surface area contributed by atoms with Crippen LogP contribution in [0.1, 0.15) is 26.5 Å². The maximum absolute atomic E-state index is 13.2. The van der Waals surface area contributed by atoms with E-state index in [2.05, 4.69) is 85.8 Å². The zero-order chi connectivity index (χ0) is 45.6. The van der Waals surface area contributed by atoms with Crippen LogP contribution in [-0.4, -0.2) is 46.1 Å². The van der Waals surface area contributed by atoms with Gasteiger partial charge in [0.25, 0.3) is 0 Å². The third-order valence-electron chi connectivity index (χ3n) is 12.4. The Kier molecular flexibility index (Phi) is 10.3. The number of carbonyl (C=O) groups is 2. The fourth-order valence-corrected chi connectivity index (χ4v) is 9.19. The second kappa shape index (κ2) is 16.9. The standard InChI is InChI=1S/C59H40N4O4/c1-35-30-40(50-31-46(36-16-8-4-9-17-36)42-26-28-44-48(38-20-12-6-13-21-38)33-52(58(64)66-2)62-56(44)54(42)60-50)24-25-41(35)51-32-47(37-18-10-5-11-19-37)43-27-29-45-49(39-22-14-7-15-23-39)34-53(59(65)67-3)63-57(45)55(43)61-51/h4-34H,1-3H3. The maximum Gasteiger partial charge on any atom is 0.356 e. The van der Waals surface area contributed by atoms with Crippen molar-refractivity contribution in [2.45, 2.75) is 6.92 Å². The van der Waals surface area contributed by atoms with Crippen LogP contribution in [0, 0.1) is 6.92 Å². The summed E-state index contributed by atoms with van der Waals surface area (Å²) in [5.41, 5.74) is 14.9. The van der Waals surface area contributed by atoms with Gasteiger partial charge in [-0.1, -0.05) is 158 Å². The molecule has 0 atom stereocenters. The van der Waals surface area contributed by atoms with Crippen LogP contribution in [0.4, 0.5) is 0 Å². The second-order valence-electron chi connectivity index (χ2n) is 16.4. The lowest BCUT2D eigenvalue weighted by molar-refractivity contribution is 0.0586. The predicted molar refractivity (Wildman–Crippen MR) is 268 cm³/mol. The molecule has 0 spiro atoms. The van der Waals surface area contributed by atoms with E-state index in [-0.39, 0.29) is 11.4 Å². The highest BCUT2D eigenvalue weighted by molar-refractivity contribution is 6.15. The molecule has 7 aromatic carbocycles. The van der Waals surface area contributed by atoms with Gasteiger partial charge < -0.3 is 9.47 Å². The zero-order valence-electron chi connectivity index (χ0n) is 36.8. The highest BCUT2D eigenvalue weighted by Gasteiger charge is 2.22. The van der Waals surface area contributed by atoms with Crippen molar-refractivity contribution in [3.05, 3.63) is 205 Å². The fourth-order valence-electron chi connectivity index (χ4n) is 9.19. The molecule has 0 saturated carbocycles. The Balaban J connectivity index is 1.13. The summed E-state index contributed by atoms with van der Waals surface area (Å²) in [5.74, 6) is -1.05. The van der Waals surface area contributed by atoms with E-state index in [4.69, 9.17) is 29.4 Å². The molecule has 4 heterocycles. The van der Waals surface area contributed by atoms with Crippen LogP contribution in [-0.2, 0) is 9.47 Å². The molecule has 0 bridgehead atoms. The van der Waals surface area contributed by atoms with Crippen molar-refractivity contribution < 1.29 is 19.1 Å². The van der Waals surface area contributed by atoms with Gasteiger partial charge in [0, 0.05) is 32.7 Å². The van der Waals surface area contributed by atoms with Crippen LogP contribution in [0.15, 0.2) is 188 Å². The summed E-state index contributed by atoms with van der Waals surface area (Å²) in [7, 11) is 2.74. The van der Waals surface area contributed by atoms with Crippen molar-refractivity contribution in [1.29, 1.82) is 0 Å². The molecule has 0 aliphatic rings. The summed E-state index contributed by atoms with van der Waals surface area (Å²) < 4.78 is 10.4. The first kappa shape index (κ1) is 40.9. The SMILES string of the molecule is COC(=O)c1cc(-c2ccccc2)c2ccc3c(-c4ccccc4)cc(-c4ccc(-c5cc(-c6ccccc6)c6ccc7c(-c8ccccc8)cc(C(=O)OC)nc7c6n5)c(C)c4)nc3c2n1. The zero-order valence-corrected chi connectivity index (χ0v) is 36.8. The third-order valence-corrected chi connectivity index (χ3v) is 12.4. The Morgan fingerprint density at radius 3 is 1.06 bits per heavy atom. The lowest BCUT2D eigenvalue weighted by Crippen LogP contribution is -2.06. The van der Waals surface area contributed by atoms with Crippen LogP contribution in [0.5, 0.6) is 0 Å². The number of nitrogens with zero attached hydrogens (tertiary/aromatic N) is 4. The first-order valence-electron chi connectivity index (χ1n) is 21.9. The van der Waals surface area contributed by atoms with Gasteiger partial charge in [-0.15, -0.1) is 0 Å². The van der Waals surface area contributed by atoms with E-state index in [0.717, 1.165) is 94.1 Å². The Bertz CT molecular complexity index is 3750. The average molecular weight is 869 g/mol. The summed E-state index contributed by atoms with van der Waals surface area (Å²) in [6.45, 7) is 2.09. The van der Waals surface area contributed by atoms with Crippen molar-refractivity contribution in [3.63, 3.8) is 0 Å². The molecule has 0 unspecified atom stereocenters. The van der Waals surface area contributed by atoms with Crippen molar-refractivity contribution in [2.75, 3.05) is 14.2 Å². The van der Waals surface area contributed by atoms with Crippen LogP contribution >= 0.6 is 0 Å². The van der Waals surface area contributed by atoms with E-state index in [1.54, 1.807) is 12.1 Å². The van der Waals surface area contributed by atoms with Gasteiger partial charge in [0.1, 0.15) is 11.4 Å². The van der Waals surface area contributed by atoms with E-state index < -0.39 is 11.9 Å². The lowest BCUT2D eigenvalue weighted by atomic mass is 9.92. The number of rotatable bonds is 8. The molecule has 320 valence electrons. The first-order valence-corrected chi connectivity index (χ1v) is 21.9. The molecule has 0 aliphatic carbocycles. The van der Waals surface area contributed by atoms with Crippen LogP contribution in [0.3, 0.4) is 0 Å². The van der Waals surface area contributed by atoms with E-state index >= 15 is 0 Å². The van der Waals surface area contributed by atoms with E-state index in [1.807, 2.05) is 97.1 Å². The molecule has 11 aromatic rings. The number of ether oxygens (including phenoxy) is 2. The summed E-state index contributed by atoms with van der Waals surface area (Å²) >= 11 is 0. The largest absolute Gasteiger partial charge is 0.464 e. The number of hydrogen-bond acceptors (Lipinski definition) is 8. The predicted octanol–water partition coefficient (Wildman–Crippen LogP) is 13.8. The summed E-state index contributed by atoms with van der Waals surface area (Å²) in [6.07, 6.45) is 0. The van der Waals surface area contributed by atoms with Gasteiger partial charge in [0.15, 0.2) is 0 Å². The summed E-state index contributed by atoms with van der Waals surface area (Å²) in [6, 6.07) is 63.0. The van der Waals surface area contributed by atoms with Crippen molar-refractivity contribution >= 4 is 55.6 Å². The Labute approximate surface area is 386 Å². The molecular formula is C59H40N4O4. The molecule has 67 heavy (non-hydrogen) atoms. The van der Waals surface area contributed by atoms with Gasteiger partial charge in [-0.25, -0.2) is 29.5 Å². The highest BCUT2D eigenvalue weighted by Crippen LogP contribution is 2.41. The molecule has 0 radical (unpaired) electrons. The van der Waals surface area contributed by atoms with Crippen molar-refractivity contribution in [2.24, 2.45) is 0 Å². The number of fused-ring (bicyclic) bond motifs is 6. The van der Waals surface area contributed by atoms with Crippen LogP contribution in [0.2, 0.25) is 0 Å². The molecule has 8 nitrogen and oxygen atoms in total. The molecule has 0 fully saturated rings. The van der Waals surface area contributed by atoms with Gasteiger partial charge in [0.2, 0.25) is 0 Å². The van der Waals surface area contributed by atoms with E-state index in [1.165, 1.54) is 14.2 Å². The Hall–Kier alpha value is -8.88.